The van der Waals surface area contributed by atoms with Crippen LogP contribution in [0.2, 0.25) is 5.02 Å². The molecule has 3 aromatic rings. The summed E-state index contributed by atoms with van der Waals surface area (Å²) in [6.45, 7) is 3.77. The Morgan fingerprint density at radius 1 is 1.15 bits per heavy atom. The van der Waals surface area contributed by atoms with E-state index in [4.69, 9.17) is 16.1 Å². The molecular formula is C18H19ClN6O. The molecule has 0 bridgehead atoms. The van der Waals surface area contributed by atoms with E-state index >= 15 is 0 Å². The zero-order chi connectivity index (χ0) is 17.9. The van der Waals surface area contributed by atoms with E-state index in [9.17, 15) is 0 Å². The summed E-state index contributed by atoms with van der Waals surface area (Å²) < 4.78 is 5.43. The Morgan fingerprint density at radius 2 is 1.92 bits per heavy atom. The summed E-state index contributed by atoms with van der Waals surface area (Å²) in [4.78, 5) is 19.7. The van der Waals surface area contributed by atoms with Gasteiger partial charge in [-0.2, -0.15) is 4.98 Å². The molecule has 0 atom stereocenters. The first-order chi connectivity index (χ1) is 12.7. The monoisotopic (exact) mass is 370 g/mol. The molecule has 3 aromatic heterocycles. The van der Waals surface area contributed by atoms with Crippen LogP contribution in [0.4, 0.5) is 5.95 Å². The maximum Gasteiger partial charge on any atom is 0.227 e. The van der Waals surface area contributed by atoms with Gasteiger partial charge in [-0.05, 0) is 37.8 Å². The Kier molecular flexibility index (Phi) is 4.79. The highest BCUT2D eigenvalue weighted by Gasteiger charge is 2.23. The number of aromatic nitrogens is 5. The van der Waals surface area contributed by atoms with Gasteiger partial charge in [0.1, 0.15) is 5.69 Å². The van der Waals surface area contributed by atoms with Crippen molar-refractivity contribution in [3.8, 4) is 11.5 Å². The number of pyridine rings is 1. The van der Waals surface area contributed by atoms with E-state index in [1.807, 2.05) is 25.1 Å². The zero-order valence-corrected chi connectivity index (χ0v) is 15.2. The van der Waals surface area contributed by atoms with E-state index < -0.39 is 0 Å². The summed E-state index contributed by atoms with van der Waals surface area (Å²) in [5.41, 5.74) is 1.68. The topological polar surface area (TPSA) is 80.8 Å². The van der Waals surface area contributed by atoms with E-state index in [-0.39, 0.29) is 0 Å². The summed E-state index contributed by atoms with van der Waals surface area (Å²) in [7, 11) is 0. The smallest absolute Gasteiger partial charge is 0.227 e. The highest BCUT2D eigenvalue weighted by Crippen LogP contribution is 2.24. The van der Waals surface area contributed by atoms with Crippen LogP contribution >= 0.6 is 11.6 Å². The fourth-order valence-corrected chi connectivity index (χ4v) is 3.26. The molecule has 0 spiro atoms. The third-order valence-corrected chi connectivity index (χ3v) is 4.75. The van der Waals surface area contributed by atoms with Crippen molar-refractivity contribution in [1.82, 2.24) is 25.1 Å². The third-order valence-electron chi connectivity index (χ3n) is 4.55. The molecule has 0 N–H and O–H groups in total. The molecule has 0 radical (unpaired) electrons. The van der Waals surface area contributed by atoms with Crippen LogP contribution in [0.1, 0.15) is 24.4 Å². The van der Waals surface area contributed by atoms with Gasteiger partial charge < -0.3 is 9.42 Å². The molecule has 134 valence electrons. The summed E-state index contributed by atoms with van der Waals surface area (Å²) >= 11 is 5.85. The van der Waals surface area contributed by atoms with Crippen LogP contribution in [0.5, 0.6) is 0 Å². The summed E-state index contributed by atoms with van der Waals surface area (Å²) in [6.07, 6.45) is 6.12. The molecule has 0 saturated carbocycles. The van der Waals surface area contributed by atoms with Crippen molar-refractivity contribution in [3.05, 3.63) is 47.2 Å². The fraction of sp³-hybridized carbons (Fsp3) is 0.389. The molecule has 8 heteroatoms. The first-order valence-corrected chi connectivity index (χ1v) is 9.04. The number of anilines is 1. The molecule has 7 nitrogen and oxygen atoms in total. The number of piperidine rings is 1. The molecule has 1 saturated heterocycles. The lowest BCUT2D eigenvalue weighted by Crippen LogP contribution is -2.35. The molecule has 4 heterocycles. The van der Waals surface area contributed by atoms with E-state index in [0.29, 0.717) is 22.7 Å². The van der Waals surface area contributed by atoms with Gasteiger partial charge in [-0.1, -0.05) is 22.8 Å². The second-order valence-electron chi connectivity index (χ2n) is 6.51. The van der Waals surface area contributed by atoms with E-state index in [0.717, 1.165) is 49.7 Å². The molecule has 0 unspecified atom stereocenters. The minimum atomic E-state index is 0.511. The predicted octanol–water partition coefficient (Wildman–Crippen LogP) is 3.34. The minimum absolute atomic E-state index is 0.511. The van der Waals surface area contributed by atoms with Gasteiger partial charge in [0.25, 0.3) is 0 Å². The quantitative estimate of drug-likeness (QED) is 0.696. The van der Waals surface area contributed by atoms with Crippen LogP contribution in [-0.2, 0) is 6.42 Å². The highest BCUT2D eigenvalue weighted by atomic mass is 35.5. The minimum Gasteiger partial charge on any atom is -0.341 e. The maximum absolute atomic E-state index is 5.85. The van der Waals surface area contributed by atoms with Crippen molar-refractivity contribution in [1.29, 1.82) is 0 Å². The number of hydrogen-bond donors (Lipinski definition) is 0. The van der Waals surface area contributed by atoms with E-state index in [2.05, 4.69) is 30.0 Å². The van der Waals surface area contributed by atoms with Gasteiger partial charge in [0, 0.05) is 25.2 Å². The van der Waals surface area contributed by atoms with E-state index in [1.165, 1.54) is 0 Å². The first-order valence-electron chi connectivity index (χ1n) is 8.66. The lowest BCUT2D eigenvalue weighted by molar-refractivity contribution is 0.324. The van der Waals surface area contributed by atoms with Crippen molar-refractivity contribution in [2.45, 2.75) is 26.2 Å². The van der Waals surface area contributed by atoms with E-state index in [1.54, 1.807) is 12.4 Å². The number of rotatable bonds is 4. The molecule has 1 aliphatic rings. The Bertz CT molecular complexity index is 873. The number of halogens is 1. The second-order valence-corrected chi connectivity index (χ2v) is 6.95. The Hall–Kier alpha value is -2.54. The average Bonchev–Trinajstić information content (AvgIpc) is 3.12. The van der Waals surface area contributed by atoms with Crippen LogP contribution in [0.3, 0.4) is 0 Å². The predicted molar refractivity (Wildman–Crippen MR) is 97.9 cm³/mol. The average molecular weight is 371 g/mol. The molecule has 1 aliphatic heterocycles. The zero-order valence-electron chi connectivity index (χ0n) is 14.5. The van der Waals surface area contributed by atoms with Crippen LogP contribution in [0.25, 0.3) is 11.5 Å². The summed E-state index contributed by atoms with van der Waals surface area (Å²) in [5.74, 6) is 2.47. The standard InChI is InChI=1S/C18H19ClN6O/c1-12-3-2-4-15(22-12)17-23-16(26-24-17)9-13-5-7-25(8-6-13)18-20-10-14(19)11-21-18/h2-4,10-11,13H,5-9H2,1H3. The van der Waals surface area contributed by atoms with Gasteiger partial charge in [0.15, 0.2) is 0 Å². The molecule has 0 aliphatic carbocycles. The van der Waals surface area contributed by atoms with Gasteiger partial charge in [0.2, 0.25) is 17.7 Å². The first kappa shape index (κ1) is 16.9. The normalized spacial score (nSPS) is 15.4. The fourth-order valence-electron chi connectivity index (χ4n) is 3.16. The Labute approximate surface area is 156 Å². The Morgan fingerprint density at radius 3 is 2.65 bits per heavy atom. The summed E-state index contributed by atoms with van der Waals surface area (Å²) in [5, 5.41) is 4.63. The molecule has 0 aromatic carbocycles. The van der Waals surface area contributed by atoms with Gasteiger partial charge in [-0.3, -0.25) is 0 Å². The molecule has 26 heavy (non-hydrogen) atoms. The van der Waals surface area contributed by atoms with Crippen LogP contribution in [0, 0.1) is 12.8 Å². The number of nitrogens with zero attached hydrogens (tertiary/aromatic N) is 6. The van der Waals surface area contributed by atoms with Crippen LogP contribution in [0.15, 0.2) is 35.1 Å². The second kappa shape index (κ2) is 7.37. The van der Waals surface area contributed by atoms with Crippen LogP contribution < -0.4 is 4.90 Å². The van der Waals surface area contributed by atoms with Crippen molar-refractivity contribution in [2.24, 2.45) is 5.92 Å². The molecule has 0 amide bonds. The van der Waals surface area contributed by atoms with Gasteiger partial charge in [0.05, 0.1) is 17.4 Å². The van der Waals surface area contributed by atoms with Crippen molar-refractivity contribution in [3.63, 3.8) is 0 Å². The molecule has 1 fully saturated rings. The number of aryl methyl sites for hydroxylation is 1. The Balaban J connectivity index is 1.35. The van der Waals surface area contributed by atoms with Gasteiger partial charge in [-0.25, -0.2) is 15.0 Å². The lowest BCUT2D eigenvalue weighted by atomic mass is 9.94. The maximum atomic E-state index is 5.85. The summed E-state index contributed by atoms with van der Waals surface area (Å²) in [6, 6.07) is 5.79. The third kappa shape index (κ3) is 3.83. The molecule has 4 rings (SSSR count). The van der Waals surface area contributed by atoms with Crippen molar-refractivity contribution < 1.29 is 4.52 Å². The van der Waals surface area contributed by atoms with Gasteiger partial charge >= 0.3 is 0 Å². The highest BCUT2D eigenvalue weighted by molar-refractivity contribution is 6.30. The number of hydrogen-bond acceptors (Lipinski definition) is 7. The van der Waals surface area contributed by atoms with Crippen LogP contribution in [-0.4, -0.2) is 38.2 Å². The SMILES string of the molecule is Cc1cccc(-c2noc(CC3CCN(c4ncc(Cl)cn4)CC3)n2)n1. The van der Waals surface area contributed by atoms with Crippen molar-refractivity contribution >= 4 is 17.5 Å². The largest absolute Gasteiger partial charge is 0.341 e. The lowest BCUT2D eigenvalue weighted by Gasteiger charge is -2.31. The van der Waals surface area contributed by atoms with Gasteiger partial charge in [-0.15, -0.1) is 0 Å². The molecular weight excluding hydrogens is 352 g/mol. The van der Waals surface area contributed by atoms with Crippen molar-refractivity contribution in [2.75, 3.05) is 18.0 Å².